The molecule has 0 amide bonds. The number of pyridine rings is 2. The van der Waals surface area contributed by atoms with Crippen LogP contribution in [-0.4, -0.2) is 24.1 Å². The van der Waals surface area contributed by atoms with Gasteiger partial charge in [0.2, 0.25) is 0 Å². The van der Waals surface area contributed by atoms with Crippen LogP contribution in [0.4, 0.5) is 5.69 Å². The summed E-state index contributed by atoms with van der Waals surface area (Å²) in [7, 11) is 3.99. The van der Waals surface area contributed by atoms with Gasteiger partial charge in [-0.2, -0.15) is 0 Å². The van der Waals surface area contributed by atoms with E-state index in [0.717, 1.165) is 30.2 Å². The van der Waals surface area contributed by atoms with Gasteiger partial charge < -0.3 is 10.2 Å². The van der Waals surface area contributed by atoms with Crippen LogP contribution in [0.2, 0.25) is 0 Å². The lowest BCUT2D eigenvalue weighted by Gasteiger charge is -2.19. The van der Waals surface area contributed by atoms with Gasteiger partial charge in [0.15, 0.2) is 0 Å². The van der Waals surface area contributed by atoms with Crippen molar-refractivity contribution >= 4 is 5.69 Å². The fourth-order valence-electron chi connectivity index (χ4n) is 1.81. The summed E-state index contributed by atoms with van der Waals surface area (Å²) in [6, 6.07) is 10.1. The molecule has 2 heterocycles. The van der Waals surface area contributed by atoms with E-state index in [1.807, 2.05) is 43.7 Å². The SMILES string of the molecule is CNCc1cc(N(C)Cc2ccccn2)ccn1. The van der Waals surface area contributed by atoms with Crippen molar-refractivity contribution in [1.29, 1.82) is 0 Å². The molecule has 0 fully saturated rings. The lowest BCUT2D eigenvalue weighted by molar-refractivity contribution is 0.788. The first-order valence-corrected chi connectivity index (χ1v) is 6.00. The van der Waals surface area contributed by atoms with Crippen LogP contribution in [-0.2, 0) is 13.1 Å². The van der Waals surface area contributed by atoms with Gasteiger partial charge in [-0.05, 0) is 31.3 Å². The number of aromatic nitrogens is 2. The average molecular weight is 242 g/mol. The Kier molecular flexibility index (Phi) is 4.25. The van der Waals surface area contributed by atoms with E-state index >= 15 is 0 Å². The molecule has 4 heteroatoms. The number of hydrogen-bond donors (Lipinski definition) is 1. The van der Waals surface area contributed by atoms with Crippen LogP contribution in [0.3, 0.4) is 0 Å². The lowest BCUT2D eigenvalue weighted by atomic mass is 10.2. The molecule has 0 radical (unpaired) electrons. The zero-order chi connectivity index (χ0) is 12.8. The molecule has 4 nitrogen and oxygen atoms in total. The Morgan fingerprint density at radius 1 is 1.11 bits per heavy atom. The molecule has 2 rings (SSSR count). The van der Waals surface area contributed by atoms with Crippen molar-refractivity contribution in [3.8, 4) is 0 Å². The highest BCUT2D eigenvalue weighted by atomic mass is 15.1. The molecule has 94 valence electrons. The highest BCUT2D eigenvalue weighted by molar-refractivity contribution is 5.45. The van der Waals surface area contributed by atoms with Crippen molar-refractivity contribution in [2.75, 3.05) is 19.0 Å². The van der Waals surface area contributed by atoms with E-state index in [0.29, 0.717) is 0 Å². The number of rotatable bonds is 5. The summed E-state index contributed by atoms with van der Waals surface area (Å²) >= 11 is 0. The van der Waals surface area contributed by atoms with E-state index in [1.54, 1.807) is 0 Å². The van der Waals surface area contributed by atoms with Crippen molar-refractivity contribution < 1.29 is 0 Å². The third kappa shape index (κ3) is 3.28. The summed E-state index contributed by atoms with van der Waals surface area (Å²) in [6.45, 7) is 1.58. The van der Waals surface area contributed by atoms with Crippen LogP contribution in [0, 0.1) is 0 Å². The van der Waals surface area contributed by atoms with Crippen molar-refractivity contribution in [2.45, 2.75) is 13.1 Å². The molecule has 0 aliphatic rings. The van der Waals surface area contributed by atoms with Gasteiger partial charge in [-0.15, -0.1) is 0 Å². The second kappa shape index (κ2) is 6.12. The fourth-order valence-corrected chi connectivity index (χ4v) is 1.81. The third-order valence-electron chi connectivity index (χ3n) is 2.72. The Bertz CT molecular complexity index is 484. The first-order valence-electron chi connectivity index (χ1n) is 6.00. The minimum Gasteiger partial charge on any atom is -0.369 e. The molecule has 2 aromatic rings. The molecule has 0 unspecified atom stereocenters. The molecule has 18 heavy (non-hydrogen) atoms. The largest absolute Gasteiger partial charge is 0.369 e. The van der Waals surface area contributed by atoms with Gasteiger partial charge in [-0.3, -0.25) is 9.97 Å². The summed E-state index contributed by atoms with van der Waals surface area (Å²) in [4.78, 5) is 10.8. The van der Waals surface area contributed by atoms with Gasteiger partial charge in [0.25, 0.3) is 0 Å². The molecule has 0 aliphatic heterocycles. The number of nitrogens with one attached hydrogen (secondary N) is 1. The zero-order valence-corrected chi connectivity index (χ0v) is 10.8. The summed E-state index contributed by atoms with van der Waals surface area (Å²) in [5, 5.41) is 3.11. The van der Waals surface area contributed by atoms with E-state index in [-0.39, 0.29) is 0 Å². The second-order valence-corrected chi connectivity index (χ2v) is 4.21. The minimum absolute atomic E-state index is 0.783. The minimum atomic E-state index is 0.783. The van der Waals surface area contributed by atoms with Gasteiger partial charge in [0.05, 0.1) is 17.9 Å². The van der Waals surface area contributed by atoms with Gasteiger partial charge in [-0.1, -0.05) is 6.07 Å². The fraction of sp³-hybridized carbons (Fsp3) is 0.286. The van der Waals surface area contributed by atoms with Crippen molar-refractivity contribution in [2.24, 2.45) is 0 Å². The quantitative estimate of drug-likeness (QED) is 0.868. The van der Waals surface area contributed by atoms with Gasteiger partial charge in [-0.25, -0.2) is 0 Å². The van der Waals surface area contributed by atoms with Crippen molar-refractivity contribution in [1.82, 2.24) is 15.3 Å². The van der Waals surface area contributed by atoms with E-state index in [4.69, 9.17) is 0 Å². The van der Waals surface area contributed by atoms with Gasteiger partial charge >= 0.3 is 0 Å². The van der Waals surface area contributed by atoms with Crippen LogP contribution >= 0.6 is 0 Å². The molecule has 0 saturated carbocycles. The average Bonchev–Trinajstić information content (AvgIpc) is 2.40. The maximum Gasteiger partial charge on any atom is 0.0598 e. The standard InChI is InChI=1S/C14H18N4/c1-15-10-13-9-14(6-8-17-13)18(2)11-12-5-3-4-7-16-12/h3-9,15H,10-11H2,1-2H3. The Morgan fingerprint density at radius 2 is 1.94 bits per heavy atom. The number of nitrogens with zero attached hydrogens (tertiary/aromatic N) is 3. The summed E-state index contributed by atoms with van der Waals surface area (Å²) in [5.74, 6) is 0. The Hall–Kier alpha value is -1.94. The summed E-state index contributed by atoms with van der Waals surface area (Å²) in [5.41, 5.74) is 3.26. The molecule has 1 N–H and O–H groups in total. The molecule has 0 atom stereocenters. The third-order valence-corrected chi connectivity index (χ3v) is 2.72. The predicted octanol–water partition coefficient (Wildman–Crippen LogP) is 1.83. The van der Waals surface area contributed by atoms with Gasteiger partial charge in [0, 0.05) is 31.7 Å². The topological polar surface area (TPSA) is 41.0 Å². The normalized spacial score (nSPS) is 10.3. The number of anilines is 1. The molecule has 0 spiro atoms. The monoisotopic (exact) mass is 242 g/mol. The maximum atomic E-state index is 4.33. The van der Waals surface area contributed by atoms with E-state index < -0.39 is 0 Å². The summed E-state index contributed by atoms with van der Waals surface area (Å²) < 4.78 is 0. The van der Waals surface area contributed by atoms with Crippen LogP contribution in [0.15, 0.2) is 42.7 Å². The molecule has 0 bridgehead atoms. The van der Waals surface area contributed by atoms with Crippen molar-refractivity contribution in [3.05, 3.63) is 54.1 Å². The Labute approximate surface area is 108 Å². The molecular formula is C14H18N4. The first-order chi connectivity index (χ1) is 8.79. The molecule has 0 aliphatic carbocycles. The lowest BCUT2D eigenvalue weighted by Crippen LogP contribution is -2.18. The second-order valence-electron chi connectivity index (χ2n) is 4.21. The maximum absolute atomic E-state index is 4.33. The zero-order valence-electron chi connectivity index (χ0n) is 10.8. The molecule has 0 saturated heterocycles. The first kappa shape index (κ1) is 12.5. The van der Waals surface area contributed by atoms with Crippen LogP contribution in [0.1, 0.15) is 11.4 Å². The number of hydrogen-bond acceptors (Lipinski definition) is 4. The van der Waals surface area contributed by atoms with Gasteiger partial charge in [0.1, 0.15) is 0 Å². The smallest absolute Gasteiger partial charge is 0.0598 e. The van der Waals surface area contributed by atoms with E-state index in [1.165, 1.54) is 0 Å². The Morgan fingerprint density at radius 3 is 2.67 bits per heavy atom. The van der Waals surface area contributed by atoms with E-state index in [2.05, 4.69) is 33.3 Å². The van der Waals surface area contributed by atoms with Crippen molar-refractivity contribution in [3.63, 3.8) is 0 Å². The van der Waals surface area contributed by atoms with E-state index in [9.17, 15) is 0 Å². The highest BCUT2D eigenvalue weighted by Crippen LogP contribution is 2.14. The molecule has 0 aromatic carbocycles. The molecular weight excluding hydrogens is 224 g/mol. The predicted molar refractivity (Wildman–Crippen MR) is 73.3 cm³/mol. The molecule has 2 aromatic heterocycles. The van der Waals surface area contributed by atoms with Crippen LogP contribution in [0.25, 0.3) is 0 Å². The van der Waals surface area contributed by atoms with Crippen LogP contribution < -0.4 is 10.2 Å². The highest BCUT2D eigenvalue weighted by Gasteiger charge is 2.04. The van der Waals surface area contributed by atoms with Crippen LogP contribution in [0.5, 0.6) is 0 Å². The summed E-state index contributed by atoms with van der Waals surface area (Å²) in [6.07, 6.45) is 3.67. The Balaban J connectivity index is 2.08.